The maximum absolute atomic E-state index is 13.1. The van der Waals surface area contributed by atoms with Crippen LogP contribution in [-0.2, 0) is 6.54 Å². The Balaban J connectivity index is 2.19. The van der Waals surface area contributed by atoms with E-state index in [-0.39, 0.29) is 5.82 Å². The SMILES string of the molecule is CN(Cc1ccc(Cl)s1)c1cc(F)ccc1N. The zero-order valence-electron chi connectivity index (χ0n) is 9.28. The van der Waals surface area contributed by atoms with Gasteiger partial charge in [0.05, 0.1) is 22.3 Å². The summed E-state index contributed by atoms with van der Waals surface area (Å²) < 4.78 is 13.9. The van der Waals surface area contributed by atoms with Gasteiger partial charge >= 0.3 is 0 Å². The molecule has 0 amide bonds. The Kier molecular flexibility index (Phi) is 3.54. The first-order valence-corrected chi connectivity index (χ1v) is 6.26. The van der Waals surface area contributed by atoms with Crippen LogP contribution in [0.5, 0.6) is 0 Å². The Labute approximate surface area is 108 Å². The van der Waals surface area contributed by atoms with Gasteiger partial charge in [0.2, 0.25) is 0 Å². The van der Waals surface area contributed by atoms with Gasteiger partial charge in [-0.2, -0.15) is 0 Å². The molecule has 1 aromatic carbocycles. The normalized spacial score (nSPS) is 10.5. The summed E-state index contributed by atoms with van der Waals surface area (Å²) in [6.45, 7) is 0.658. The lowest BCUT2D eigenvalue weighted by Gasteiger charge is -2.20. The molecule has 5 heteroatoms. The summed E-state index contributed by atoms with van der Waals surface area (Å²) in [5.41, 5.74) is 7.07. The molecule has 2 rings (SSSR count). The first-order valence-electron chi connectivity index (χ1n) is 5.06. The minimum absolute atomic E-state index is 0.287. The molecule has 0 saturated heterocycles. The van der Waals surface area contributed by atoms with Crippen molar-refractivity contribution in [2.24, 2.45) is 0 Å². The maximum atomic E-state index is 13.1. The van der Waals surface area contributed by atoms with Crippen molar-refractivity contribution in [1.29, 1.82) is 0 Å². The van der Waals surface area contributed by atoms with Crippen molar-refractivity contribution in [2.75, 3.05) is 17.7 Å². The summed E-state index contributed by atoms with van der Waals surface area (Å²) in [4.78, 5) is 3.02. The Morgan fingerprint density at radius 2 is 2.12 bits per heavy atom. The van der Waals surface area contributed by atoms with Crippen molar-refractivity contribution in [3.63, 3.8) is 0 Å². The second kappa shape index (κ2) is 4.94. The fourth-order valence-corrected chi connectivity index (χ4v) is 2.74. The molecule has 0 aliphatic rings. The van der Waals surface area contributed by atoms with E-state index in [9.17, 15) is 4.39 Å². The standard InChI is InChI=1S/C12H12ClFN2S/c1-16(7-9-3-5-12(13)17-9)11-6-8(14)2-4-10(11)15/h2-6H,7,15H2,1H3. The molecule has 17 heavy (non-hydrogen) atoms. The molecule has 0 bridgehead atoms. The highest BCUT2D eigenvalue weighted by Crippen LogP contribution is 2.27. The predicted molar refractivity (Wildman–Crippen MR) is 72.2 cm³/mol. The molecule has 0 saturated carbocycles. The molecule has 2 N–H and O–H groups in total. The number of benzene rings is 1. The molecule has 2 aromatic rings. The van der Waals surface area contributed by atoms with Crippen LogP contribution >= 0.6 is 22.9 Å². The van der Waals surface area contributed by atoms with Gasteiger partial charge < -0.3 is 10.6 Å². The highest BCUT2D eigenvalue weighted by Gasteiger charge is 2.08. The smallest absolute Gasteiger partial charge is 0.125 e. The molecule has 2 nitrogen and oxygen atoms in total. The molecule has 90 valence electrons. The maximum Gasteiger partial charge on any atom is 0.125 e. The van der Waals surface area contributed by atoms with Crippen LogP contribution in [0.1, 0.15) is 4.88 Å². The Hall–Kier alpha value is -1.26. The van der Waals surface area contributed by atoms with E-state index in [1.807, 2.05) is 24.1 Å². The molecule has 1 aromatic heterocycles. The van der Waals surface area contributed by atoms with E-state index >= 15 is 0 Å². The van der Waals surface area contributed by atoms with Crippen LogP contribution < -0.4 is 10.6 Å². The molecule has 1 heterocycles. The largest absolute Gasteiger partial charge is 0.397 e. The highest BCUT2D eigenvalue weighted by atomic mass is 35.5. The number of nitrogens with two attached hydrogens (primary N) is 1. The van der Waals surface area contributed by atoms with Gasteiger partial charge in [-0.1, -0.05) is 11.6 Å². The number of anilines is 2. The van der Waals surface area contributed by atoms with Crippen LogP contribution in [0.2, 0.25) is 4.34 Å². The topological polar surface area (TPSA) is 29.3 Å². The summed E-state index contributed by atoms with van der Waals surface area (Å²) in [6.07, 6.45) is 0. The predicted octanol–water partition coefficient (Wildman–Crippen LogP) is 3.76. The molecule has 0 radical (unpaired) electrons. The van der Waals surface area contributed by atoms with Crippen molar-refractivity contribution >= 4 is 34.3 Å². The molecule has 0 unspecified atom stereocenters. The summed E-state index contributed by atoms with van der Waals surface area (Å²) >= 11 is 7.37. The van der Waals surface area contributed by atoms with E-state index < -0.39 is 0 Å². The van der Waals surface area contributed by atoms with Crippen molar-refractivity contribution < 1.29 is 4.39 Å². The van der Waals surface area contributed by atoms with Crippen LogP contribution in [-0.4, -0.2) is 7.05 Å². The average molecular weight is 271 g/mol. The third-order valence-corrected chi connectivity index (χ3v) is 3.64. The fourth-order valence-electron chi connectivity index (χ4n) is 1.60. The van der Waals surface area contributed by atoms with Gasteiger partial charge in [0.1, 0.15) is 5.82 Å². The number of thiophene rings is 1. The van der Waals surface area contributed by atoms with Gasteiger partial charge in [0.25, 0.3) is 0 Å². The lowest BCUT2D eigenvalue weighted by Crippen LogP contribution is -2.17. The zero-order valence-corrected chi connectivity index (χ0v) is 10.9. The summed E-state index contributed by atoms with van der Waals surface area (Å²) in [5.74, 6) is -0.287. The molecule has 0 aliphatic heterocycles. The number of halogens is 2. The number of hydrogen-bond acceptors (Lipinski definition) is 3. The monoisotopic (exact) mass is 270 g/mol. The lowest BCUT2D eigenvalue weighted by atomic mass is 10.2. The van der Waals surface area contributed by atoms with Gasteiger partial charge in [-0.15, -0.1) is 11.3 Å². The molecule has 0 atom stereocenters. The van der Waals surface area contributed by atoms with Crippen LogP contribution in [0.15, 0.2) is 30.3 Å². The molecule has 0 spiro atoms. The third-order valence-electron chi connectivity index (χ3n) is 2.43. The lowest BCUT2D eigenvalue weighted by molar-refractivity contribution is 0.627. The van der Waals surface area contributed by atoms with Gasteiger partial charge in [0.15, 0.2) is 0 Å². The van der Waals surface area contributed by atoms with Crippen molar-refractivity contribution in [3.05, 3.63) is 45.4 Å². The first-order chi connectivity index (χ1) is 8.06. The molecular weight excluding hydrogens is 259 g/mol. The van der Waals surface area contributed by atoms with Crippen LogP contribution in [0.4, 0.5) is 15.8 Å². The van der Waals surface area contributed by atoms with E-state index in [2.05, 4.69) is 0 Å². The molecule has 0 fully saturated rings. The van der Waals surface area contributed by atoms with Crippen LogP contribution in [0.3, 0.4) is 0 Å². The van der Waals surface area contributed by atoms with E-state index in [0.717, 1.165) is 9.21 Å². The number of nitrogens with zero attached hydrogens (tertiary/aromatic N) is 1. The van der Waals surface area contributed by atoms with Crippen LogP contribution in [0.25, 0.3) is 0 Å². The van der Waals surface area contributed by atoms with Gasteiger partial charge in [0, 0.05) is 11.9 Å². The second-order valence-corrected chi connectivity index (χ2v) is 5.56. The highest BCUT2D eigenvalue weighted by molar-refractivity contribution is 7.16. The minimum atomic E-state index is -0.287. The van der Waals surface area contributed by atoms with Gasteiger partial charge in [-0.05, 0) is 30.3 Å². The van der Waals surface area contributed by atoms with Gasteiger partial charge in [-0.3, -0.25) is 0 Å². The molecular formula is C12H12ClFN2S. The molecule has 0 aliphatic carbocycles. The Morgan fingerprint density at radius 1 is 1.35 bits per heavy atom. The van der Waals surface area contributed by atoms with Crippen molar-refractivity contribution in [2.45, 2.75) is 6.54 Å². The Morgan fingerprint density at radius 3 is 2.76 bits per heavy atom. The van der Waals surface area contributed by atoms with Crippen molar-refractivity contribution in [3.8, 4) is 0 Å². The zero-order chi connectivity index (χ0) is 12.4. The van der Waals surface area contributed by atoms with E-state index in [4.69, 9.17) is 17.3 Å². The van der Waals surface area contributed by atoms with E-state index in [1.165, 1.54) is 23.5 Å². The van der Waals surface area contributed by atoms with E-state index in [1.54, 1.807) is 6.07 Å². The number of rotatable bonds is 3. The van der Waals surface area contributed by atoms with Crippen molar-refractivity contribution in [1.82, 2.24) is 0 Å². The van der Waals surface area contributed by atoms with Crippen LogP contribution in [0, 0.1) is 5.82 Å². The van der Waals surface area contributed by atoms with E-state index in [0.29, 0.717) is 17.9 Å². The minimum Gasteiger partial charge on any atom is -0.397 e. The Bertz CT molecular complexity index is 527. The second-order valence-electron chi connectivity index (χ2n) is 3.77. The number of nitrogen functional groups attached to an aromatic ring is 1. The average Bonchev–Trinajstić information content (AvgIpc) is 2.67. The third kappa shape index (κ3) is 2.90. The first kappa shape index (κ1) is 12.2. The summed E-state index contributed by atoms with van der Waals surface area (Å²) in [5, 5.41) is 0. The van der Waals surface area contributed by atoms with Gasteiger partial charge in [-0.25, -0.2) is 4.39 Å². The summed E-state index contributed by atoms with van der Waals surface area (Å²) in [6, 6.07) is 8.17. The number of hydrogen-bond donors (Lipinski definition) is 1. The quantitative estimate of drug-likeness (QED) is 0.861. The summed E-state index contributed by atoms with van der Waals surface area (Å²) in [7, 11) is 1.87. The fraction of sp³-hybridized carbons (Fsp3) is 0.167.